The SMILES string of the molecule is C#CC.C=C.CC.CC.CC1CCCCC1C. The number of hydrogen-bond donors (Lipinski definition) is 0. The molecule has 0 aromatic rings. The maximum atomic E-state index is 4.60. The smallest absolute Gasteiger partial charge is 0.00297 e. The molecule has 0 nitrogen and oxygen atoms in total. The first-order valence-corrected chi connectivity index (χ1v) is 7.09. The third kappa shape index (κ3) is 25.5. The molecule has 0 N–H and O–H groups in total. The van der Waals surface area contributed by atoms with E-state index in [1.165, 1.54) is 25.7 Å². The summed E-state index contributed by atoms with van der Waals surface area (Å²) < 4.78 is 0. The van der Waals surface area contributed by atoms with Crippen molar-refractivity contribution in [3.63, 3.8) is 0 Å². The second-order valence-electron chi connectivity index (χ2n) is 3.53. The molecule has 0 aliphatic heterocycles. The van der Waals surface area contributed by atoms with Gasteiger partial charge in [-0.2, -0.15) is 0 Å². The maximum absolute atomic E-state index is 4.60. The number of hydrogen-bond acceptors (Lipinski definition) is 0. The van der Waals surface area contributed by atoms with Crippen molar-refractivity contribution < 1.29 is 0 Å². The van der Waals surface area contributed by atoms with Crippen molar-refractivity contribution in [2.24, 2.45) is 11.8 Å². The van der Waals surface area contributed by atoms with Gasteiger partial charge in [-0.25, -0.2) is 0 Å². The first-order valence-electron chi connectivity index (χ1n) is 7.09. The summed E-state index contributed by atoms with van der Waals surface area (Å²) in [7, 11) is 0. The molecule has 0 aromatic carbocycles. The van der Waals surface area contributed by atoms with E-state index in [1.807, 2.05) is 27.7 Å². The van der Waals surface area contributed by atoms with Crippen LogP contribution in [-0.4, -0.2) is 0 Å². The van der Waals surface area contributed by atoms with Crippen LogP contribution in [0.25, 0.3) is 0 Å². The fraction of sp³-hybridized carbons (Fsp3) is 0.765. The van der Waals surface area contributed by atoms with Crippen LogP contribution in [0.5, 0.6) is 0 Å². The van der Waals surface area contributed by atoms with E-state index in [2.05, 4.69) is 39.3 Å². The minimum absolute atomic E-state index is 1.00. The van der Waals surface area contributed by atoms with Gasteiger partial charge in [-0.15, -0.1) is 25.5 Å². The molecule has 0 spiro atoms. The van der Waals surface area contributed by atoms with E-state index in [1.54, 1.807) is 6.92 Å². The van der Waals surface area contributed by atoms with Crippen LogP contribution in [0.15, 0.2) is 13.2 Å². The van der Waals surface area contributed by atoms with Crippen molar-refractivity contribution in [3.05, 3.63) is 13.2 Å². The Labute approximate surface area is 112 Å². The number of rotatable bonds is 0. The molecule has 17 heavy (non-hydrogen) atoms. The van der Waals surface area contributed by atoms with Gasteiger partial charge < -0.3 is 0 Å². The molecule has 0 radical (unpaired) electrons. The fourth-order valence-corrected chi connectivity index (χ4v) is 1.50. The Morgan fingerprint density at radius 1 is 0.882 bits per heavy atom. The van der Waals surface area contributed by atoms with Crippen molar-refractivity contribution >= 4 is 0 Å². The van der Waals surface area contributed by atoms with Gasteiger partial charge in [-0.1, -0.05) is 67.2 Å². The standard InChI is InChI=1S/C8H16.C3H4.2C2H6.C2H4/c1-7-5-3-4-6-8(7)2;1-3-2;3*1-2/h7-8H,3-6H2,1-2H3;1H,2H3;2*1-2H3;1-2H2. The van der Waals surface area contributed by atoms with Gasteiger partial charge in [0, 0.05) is 0 Å². The first kappa shape index (κ1) is 25.2. The van der Waals surface area contributed by atoms with E-state index in [4.69, 9.17) is 0 Å². The molecule has 1 aliphatic carbocycles. The van der Waals surface area contributed by atoms with Crippen molar-refractivity contribution in [3.8, 4) is 12.3 Å². The Kier molecular flexibility index (Phi) is 43.8. The highest BCUT2D eigenvalue weighted by molar-refractivity contribution is 4.73. The molecule has 0 aromatic heterocycles. The third-order valence-corrected chi connectivity index (χ3v) is 2.54. The van der Waals surface area contributed by atoms with Gasteiger partial charge in [0.05, 0.1) is 0 Å². The van der Waals surface area contributed by atoms with E-state index in [0.29, 0.717) is 0 Å². The second kappa shape index (κ2) is 29.5. The highest BCUT2D eigenvalue weighted by atomic mass is 14.2. The van der Waals surface area contributed by atoms with E-state index in [0.717, 1.165) is 11.8 Å². The molecule has 1 saturated carbocycles. The summed E-state index contributed by atoms with van der Waals surface area (Å²) in [6.07, 6.45) is 10.5. The molecule has 0 amide bonds. The second-order valence-corrected chi connectivity index (χ2v) is 3.53. The van der Waals surface area contributed by atoms with Crippen LogP contribution in [0, 0.1) is 24.2 Å². The van der Waals surface area contributed by atoms with Crippen molar-refractivity contribution in [2.45, 2.75) is 74.1 Å². The lowest BCUT2D eigenvalue weighted by atomic mass is 9.82. The summed E-state index contributed by atoms with van der Waals surface area (Å²) in [5.41, 5.74) is 0. The van der Waals surface area contributed by atoms with E-state index < -0.39 is 0 Å². The van der Waals surface area contributed by atoms with Crippen molar-refractivity contribution in [1.82, 2.24) is 0 Å². The summed E-state index contributed by atoms with van der Waals surface area (Å²) in [4.78, 5) is 0. The van der Waals surface area contributed by atoms with Gasteiger partial charge in [0.15, 0.2) is 0 Å². The molecule has 104 valence electrons. The van der Waals surface area contributed by atoms with Crippen LogP contribution in [-0.2, 0) is 0 Å². The normalized spacial score (nSPS) is 20.1. The molecule has 0 heterocycles. The Balaban J connectivity index is -0.0000000801. The topological polar surface area (TPSA) is 0 Å². The lowest BCUT2D eigenvalue weighted by Gasteiger charge is -2.24. The summed E-state index contributed by atoms with van der Waals surface area (Å²) in [6, 6.07) is 0. The maximum Gasteiger partial charge on any atom is -0.00297 e. The van der Waals surface area contributed by atoms with Gasteiger partial charge in [0.1, 0.15) is 0 Å². The molecular formula is C17H36. The predicted octanol–water partition coefficient (Wildman–Crippen LogP) is 6.33. The van der Waals surface area contributed by atoms with Gasteiger partial charge >= 0.3 is 0 Å². The summed E-state index contributed by atoms with van der Waals surface area (Å²) in [5.74, 6) is 4.26. The number of terminal acetylenes is 1. The van der Waals surface area contributed by atoms with E-state index >= 15 is 0 Å². The highest BCUT2D eigenvalue weighted by Crippen LogP contribution is 2.28. The highest BCUT2D eigenvalue weighted by Gasteiger charge is 2.15. The van der Waals surface area contributed by atoms with Gasteiger partial charge in [0.2, 0.25) is 0 Å². The van der Waals surface area contributed by atoms with Crippen LogP contribution < -0.4 is 0 Å². The average Bonchev–Trinajstić information content (AvgIpc) is 2.41. The van der Waals surface area contributed by atoms with Crippen LogP contribution in [0.1, 0.15) is 74.1 Å². The molecule has 1 fully saturated rings. The van der Waals surface area contributed by atoms with Gasteiger partial charge in [-0.3, -0.25) is 0 Å². The third-order valence-electron chi connectivity index (χ3n) is 2.54. The van der Waals surface area contributed by atoms with Crippen molar-refractivity contribution in [2.75, 3.05) is 0 Å². The molecular weight excluding hydrogens is 204 g/mol. The van der Waals surface area contributed by atoms with E-state index in [9.17, 15) is 0 Å². The minimum atomic E-state index is 1.00. The predicted molar refractivity (Wildman–Crippen MR) is 85.3 cm³/mol. The molecule has 0 saturated heterocycles. The van der Waals surface area contributed by atoms with Gasteiger partial charge in [-0.05, 0) is 18.8 Å². The Morgan fingerprint density at radius 2 is 1.06 bits per heavy atom. The van der Waals surface area contributed by atoms with Crippen LogP contribution >= 0.6 is 0 Å². The molecule has 2 atom stereocenters. The van der Waals surface area contributed by atoms with Crippen LogP contribution in [0.2, 0.25) is 0 Å². The zero-order valence-corrected chi connectivity index (χ0v) is 13.5. The molecule has 1 aliphatic rings. The molecule has 0 bridgehead atoms. The molecule has 2 unspecified atom stereocenters. The zero-order valence-electron chi connectivity index (χ0n) is 13.5. The summed E-state index contributed by atoms with van der Waals surface area (Å²) in [6.45, 7) is 20.4. The largest absolute Gasteiger partial charge is 0.120 e. The van der Waals surface area contributed by atoms with Crippen molar-refractivity contribution in [1.29, 1.82) is 0 Å². The summed E-state index contributed by atoms with van der Waals surface area (Å²) in [5, 5.41) is 0. The average molecular weight is 240 g/mol. The van der Waals surface area contributed by atoms with Gasteiger partial charge in [0.25, 0.3) is 0 Å². The molecule has 0 heteroatoms. The van der Waals surface area contributed by atoms with Crippen LogP contribution in [0.4, 0.5) is 0 Å². The van der Waals surface area contributed by atoms with E-state index in [-0.39, 0.29) is 0 Å². The lowest BCUT2D eigenvalue weighted by molar-refractivity contribution is 0.277. The first-order chi connectivity index (χ1) is 8.22. The monoisotopic (exact) mass is 240 g/mol. The Bertz CT molecular complexity index is 119. The lowest BCUT2D eigenvalue weighted by Crippen LogP contribution is -2.12. The Hall–Kier alpha value is -0.700. The summed E-state index contributed by atoms with van der Waals surface area (Å²) >= 11 is 0. The minimum Gasteiger partial charge on any atom is -0.120 e. The fourth-order valence-electron chi connectivity index (χ4n) is 1.50. The molecule has 1 rings (SSSR count). The van der Waals surface area contributed by atoms with Crippen LogP contribution in [0.3, 0.4) is 0 Å². The zero-order chi connectivity index (χ0) is 14.7. The Morgan fingerprint density at radius 3 is 1.18 bits per heavy atom. The quantitative estimate of drug-likeness (QED) is 0.343.